The molecule has 3 aliphatic carbocycles. The van der Waals surface area contributed by atoms with Crippen LogP contribution in [0.5, 0.6) is 0 Å². The van der Waals surface area contributed by atoms with Gasteiger partial charge in [0.15, 0.2) is 0 Å². The standard InChI is InChI=1S/C19H30O4/c1-11(20)19(3)12(10-17(22)23)4-5-13-14-6-7-16(21)18(14,2)9-8-15(13)19/h12-16,21H,4-10H2,1-3H3,(H,22,23)/t12-,13-,14-,15-,16-,18-,19-/m0/s1. The van der Waals surface area contributed by atoms with E-state index >= 15 is 0 Å². The predicted octanol–water partition coefficient (Wildman–Crippen LogP) is 3.27. The van der Waals surface area contributed by atoms with E-state index in [9.17, 15) is 19.8 Å². The fourth-order valence-electron chi connectivity index (χ4n) is 6.48. The van der Waals surface area contributed by atoms with E-state index in [2.05, 4.69) is 6.92 Å². The van der Waals surface area contributed by atoms with Gasteiger partial charge in [0.25, 0.3) is 0 Å². The quantitative estimate of drug-likeness (QED) is 0.836. The summed E-state index contributed by atoms with van der Waals surface area (Å²) in [5.74, 6) is 0.542. The molecule has 0 heterocycles. The van der Waals surface area contributed by atoms with E-state index in [1.807, 2.05) is 6.92 Å². The minimum atomic E-state index is -0.794. The summed E-state index contributed by atoms with van der Waals surface area (Å²) in [6, 6.07) is 0. The summed E-state index contributed by atoms with van der Waals surface area (Å²) in [7, 11) is 0. The van der Waals surface area contributed by atoms with Gasteiger partial charge in [-0.1, -0.05) is 13.8 Å². The van der Waals surface area contributed by atoms with Crippen LogP contribution in [-0.4, -0.2) is 28.1 Å². The molecule has 0 unspecified atom stereocenters. The number of ketones is 1. The maximum atomic E-state index is 12.6. The van der Waals surface area contributed by atoms with Gasteiger partial charge in [-0.2, -0.15) is 0 Å². The van der Waals surface area contributed by atoms with Gasteiger partial charge >= 0.3 is 5.97 Å². The van der Waals surface area contributed by atoms with Gasteiger partial charge in [-0.25, -0.2) is 0 Å². The van der Waals surface area contributed by atoms with E-state index in [4.69, 9.17) is 0 Å². The molecule has 0 bridgehead atoms. The molecule has 3 saturated carbocycles. The molecule has 0 amide bonds. The highest BCUT2D eigenvalue weighted by Gasteiger charge is 2.60. The third kappa shape index (κ3) is 2.36. The number of carboxylic acid groups (broad SMARTS) is 1. The van der Waals surface area contributed by atoms with Crippen molar-refractivity contribution in [3.05, 3.63) is 0 Å². The number of carbonyl (C=O) groups is 2. The number of hydrogen-bond donors (Lipinski definition) is 2. The van der Waals surface area contributed by atoms with E-state index in [0.717, 1.165) is 38.5 Å². The van der Waals surface area contributed by atoms with Gasteiger partial charge in [0.05, 0.1) is 6.10 Å². The highest BCUT2D eigenvalue weighted by Crippen LogP contribution is 2.64. The summed E-state index contributed by atoms with van der Waals surface area (Å²) < 4.78 is 0. The fourth-order valence-corrected chi connectivity index (χ4v) is 6.48. The lowest BCUT2D eigenvalue weighted by Crippen LogP contribution is -2.55. The molecule has 7 atom stereocenters. The molecule has 130 valence electrons. The Labute approximate surface area is 138 Å². The van der Waals surface area contributed by atoms with E-state index in [0.29, 0.717) is 11.8 Å². The van der Waals surface area contributed by atoms with Crippen LogP contribution in [0.4, 0.5) is 0 Å². The van der Waals surface area contributed by atoms with Crippen LogP contribution >= 0.6 is 0 Å². The number of aliphatic hydroxyl groups is 1. The third-order valence-electron chi connectivity index (χ3n) is 8.03. The Morgan fingerprint density at radius 3 is 2.35 bits per heavy atom. The van der Waals surface area contributed by atoms with Crippen molar-refractivity contribution >= 4 is 11.8 Å². The first-order valence-electron chi connectivity index (χ1n) is 9.12. The van der Waals surface area contributed by atoms with Crippen LogP contribution in [0.25, 0.3) is 0 Å². The van der Waals surface area contributed by atoms with Gasteiger partial charge in [0, 0.05) is 11.8 Å². The van der Waals surface area contributed by atoms with Crippen LogP contribution in [-0.2, 0) is 9.59 Å². The van der Waals surface area contributed by atoms with Crippen LogP contribution in [0.15, 0.2) is 0 Å². The molecule has 0 aromatic rings. The second-order valence-corrected chi connectivity index (χ2v) is 8.73. The van der Waals surface area contributed by atoms with E-state index in [1.165, 1.54) is 0 Å². The van der Waals surface area contributed by atoms with Crippen LogP contribution in [0.1, 0.15) is 65.7 Å². The monoisotopic (exact) mass is 322 g/mol. The lowest BCUT2D eigenvalue weighted by Gasteiger charge is -2.57. The van der Waals surface area contributed by atoms with Crippen LogP contribution < -0.4 is 0 Å². The fraction of sp³-hybridized carbons (Fsp3) is 0.895. The number of aliphatic hydroxyl groups excluding tert-OH is 1. The number of aliphatic carboxylic acids is 1. The molecule has 0 aliphatic heterocycles. The second-order valence-electron chi connectivity index (χ2n) is 8.73. The zero-order chi connectivity index (χ0) is 17.0. The first-order chi connectivity index (χ1) is 10.7. The lowest BCUT2D eigenvalue weighted by molar-refractivity contribution is -0.155. The molecule has 0 spiro atoms. The summed E-state index contributed by atoms with van der Waals surface area (Å²) >= 11 is 0. The topological polar surface area (TPSA) is 74.6 Å². The van der Waals surface area contributed by atoms with Crippen molar-refractivity contribution in [1.29, 1.82) is 0 Å². The minimum Gasteiger partial charge on any atom is -0.481 e. The van der Waals surface area contributed by atoms with Crippen molar-refractivity contribution in [1.82, 2.24) is 0 Å². The van der Waals surface area contributed by atoms with E-state index in [-0.39, 0.29) is 35.6 Å². The normalized spacial score (nSPS) is 49.3. The van der Waals surface area contributed by atoms with Crippen molar-refractivity contribution in [3.8, 4) is 0 Å². The Morgan fingerprint density at radius 1 is 1.04 bits per heavy atom. The van der Waals surface area contributed by atoms with Gasteiger partial charge < -0.3 is 10.2 Å². The molecule has 0 aromatic carbocycles. The number of rotatable bonds is 3. The number of hydrogen-bond acceptors (Lipinski definition) is 3. The highest BCUT2D eigenvalue weighted by molar-refractivity contribution is 5.83. The molecule has 0 saturated heterocycles. The number of fused-ring (bicyclic) bond motifs is 3. The molecular weight excluding hydrogens is 292 g/mol. The Hall–Kier alpha value is -0.900. The van der Waals surface area contributed by atoms with Gasteiger partial charge in [-0.15, -0.1) is 0 Å². The predicted molar refractivity (Wildman–Crippen MR) is 86.8 cm³/mol. The Bertz CT molecular complexity index is 515. The first kappa shape index (κ1) is 16.9. The van der Waals surface area contributed by atoms with Crippen molar-refractivity contribution in [2.24, 2.45) is 34.5 Å². The van der Waals surface area contributed by atoms with E-state index in [1.54, 1.807) is 6.92 Å². The van der Waals surface area contributed by atoms with Crippen LogP contribution in [0, 0.1) is 34.5 Å². The van der Waals surface area contributed by atoms with Gasteiger partial charge in [-0.05, 0) is 74.5 Å². The van der Waals surface area contributed by atoms with Gasteiger partial charge in [0.2, 0.25) is 0 Å². The summed E-state index contributed by atoms with van der Waals surface area (Å²) in [5, 5.41) is 19.7. The molecular formula is C19H30O4. The van der Waals surface area contributed by atoms with Gasteiger partial charge in [-0.3, -0.25) is 9.59 Å². The van der Waals surface area contributed by atoms with Crippen molar-refractivity contribution < 1.29 is 19.8 Å². The number of carboxylic acids is 1. The van der Waals surface area contributed by atoms with Crippen molar-refractivity contribution in [3.63, 3.8) is 0 Å². The lowest BCUT2D eigenvalue weighted by atomic mass is 9.46. The van der Waals surface area contributed by atoms with Crippen LogP contribution in [0.3, 0.4) is 0 Å². The van der Waals surface area contributed by atoms with E-state index < -0.39 is 11.4 Å². The summed E-state index contributed by atoms with van der Waals surface area (Å²) in [5.41, 5.74) is -0.519. The van der Waals surface area contributed by atoms with Crippen molar-refractivity contribution in [2.75, 3.05) is 0 Å². The minimum absolute atomic E-state index is 0.00149. The average molecular weight is 322 g/mol. The molecule has 23 heavy (non-hydrogen) atoms. The molecule has 3 fully saturated rings. The molecule has 0 radical (unpaired) electrons. The molecule has 4 nitrogen and oxygen atoms in total. The Balaban J connectivity index is 1.93. The number of Topliss-reactive ketones (excluding diaryl/α,β-unsaturated/α-hetero) is 1. The highest BCUT2D eigenvalue weighted by atomic mass is 16.4. The molecule has 4 heteroatoms. The zero-order valence-electron chi connectivity index (χ0n) is 14.5. The molecule has 0 aromatic heterocycles. The summed E-state index contributed by atoms with van der Waals surface area (Å²) in [4.78, 5) is 23.8. The Kier molecular flexibility index (Phi) is 4.11. The SMILES string of the molecule is CC(=O)[C@@]1(C)[C@H](CC(=O)O)CC[C@H]2[C@@H]3CC[C@H](O)[C@@]3(C)CC[C@@H]21. The average Bonchev–Trinajstić information content (AvgIpc) is 2.77. The maximum absolute atomic E-state index is 12.6. The first-order valence-corrected chi connectivity index (χ1v) is 9.12. The maximum Gasteiger partial charge on any atom is 0.303 e. The molecule has 3 rings (SSSR count). The van der Waals surface area contributed by atoms with Gasteiger partial charge in [0.1, 0.15) is 5.78 Å². The van der Waals surface area contributed by atoms with Crippen LogP contribution in [0.2, 0.25) is 0 Å². The van der Waals surface area contributed by atoms with Crippen molar-refractivity contribution in [2.45, 2.75) is 71.8 Å². The number of carbonyl (C=O) groups excluding carboxylic acids is 1. The second kappa shape index (κ2) is 5.58. The summed E-state index contributed by atoms with van der Waals surface area (Å²) in [6.07, 6.45) is 5.56. The third-order valence-corrected chi connectivity index (χ3v) is 8.03. The Morgan fingerprint density at radius 2 is 1.74 bits per heavy atom. The largest absolute Gasteiger partial charge is 0.481 e. The molecule has 2 N–H and O–H groups in total. The molecule has 3 aliphatic rings. The zero-order valence-corrected chi connectivity index (χ0v) is 14.5. The summed E-state index contributed by atoms with van der Waals surface area (Å²) in [6.45, 7) is 5.89. The smallest absolute Gasteiger partial charge is 0.303 e.